The second-order valence-corrected chi connectivity index (χ2v) is 12.4. The Morgan fingerprint density at radius 3 is 1.55 bits per heavy atom. The van der Waals surface area contributed by atoms with Gasteiger partial charge in [0, 0.05) is 0 Å². The highest BCUT2D eigenvalue weighted by atomic mass is 14.8. The molecular weight excluding hydrogens is 508 g/mol. The average molecular weight is 573 g/mol. The van der Waals surface area contributed by atoms with Crippen LogP contribution in [-0.2, 0) is 25.7 Å². The zero-order chi connectivity index (χ0) is 30.4. The van der Waals surface area contributed by atoms with Crippen molar-refractivity contribution in [3.8, 4) is 0 Å². The van der Waals surface area contributed by atoms with Crippen LogP contribution in [0.5, 0.6) is 0 Å². The maximum Gasteiger partial charge on any atom is 0.0639 e. The van der Waals surface area contributed by atoms with Gasteiger partial charge in [-0.3, -0.25) is 9.98 Å². The summed E-state index contributed by atoms with van der Waals surface area (Å²) in [6.07, 6.45) is 24.0. The number of hydrogen-bond donors (Lipinski definition) is 0. The molecular formula is C40H64N2. The molecule has 0 amide bonds. The second kappa shape index (κ2) is 22.3. The molecule has 0 atom stereocenters. The summed E-state index contributed by atoms with van der Waals surface area (Å²) in [6.45, 7) is 13.7. The summed E-state index contributed by atoms with van der Waals surface area (Å²) in [6, 6.07) is 14.1. The van der Waals surface area contributed by atoms with Crippen LogP contribution < -0.4 is 0 Å². The van der Waals surface area contributed by atoms with Crippen LogP contribution in [0.25, 0.3) is 0 Å². The van der Waals surface area contributed by atoms with E-state index in [1.165, 1.54) is 117 Å². The highest BCUT2D eigenvalue weighted by Gasteiger charge is 2.13. The van der Waals surface area contributed by atoms with Crippen molar-refractivity contribution in [3.63, 3.8) is 0 Å². The summed E-state index contributed by atoms with van der Waals surface area (Å²) in [7, 11) is 0. The smallest absolute Gasteiger partial charge is 0.0639 e. The number of hydrogen-bond acceptors (Lipinski definition) is 2. The fourth-order valence-electron chi connectivity index (χ4n) is 5.81. The summed E-state index contributed by atoms with van der Waals surface area (Å²) in [4.78, 5) is 10.9. The molecule has 0 fully saturated rings. The van der Waals surface area contributed by atoms with Crippen LogP contribution in [0, 0.1) is 0 Å². The van der Waals surface area contributed by atoms with Crippen molar-refractivity contribution in [2.75, 3.05) is 0 Å². The predicted octanol–water partition coefficient (Wildman–Crippen LogP) is 13.1. The lowest BCUT2D eigenvalue weighted by Crippen LogP contribution is -2.14. The van der Waals surface area contributed by atoms with Gasteiger partial charge in [-0.1, -0.05) is 118 Å². The molecule has 2 rings (SSSR count). The van der Waals surface area contributed by atoms with Crippen LogP contribution in [0.1, 0.15) is 167 Å². The Kier molecular flexibility index (Phi) is 19.1. The molecule has 0 aliphatic heterocycles. The lowest BCUT2D eigenvalue weighted by molar-refractivity contribution is 0.616. The lowest BCUT2D eigenvalue weighted by Gasteiger charge is -2.14. The fraction of sp³-hybridized carbons (Fsp3) is 0.650. The van der Waals surface area contributed by atoms with Crippen molar-refractivity contribution in [2.45, 2.75) is 170 Å². The molecule has 2 nitrogen and oxygen atoms in total. The van der Waals surface area contributed by atoms with Crippen LogP contribution >= 0.6 is 0 Å². The van der Waals surface area contributed by atoms with Gasteiger partial charge in [0.15, 0.2) is 0 Å². The molecule has 0 spiro atoms. The monoisotopic (exact) mass is 573 g/mol. The van der Waals surface area contributed by atoms with Gasteiger partial charge in [-0.05, 0) is 111 Å². The van der Waals surface area contributed by atoms with E-state index in [1.54, 1.807) is 0 Å². The molecule has 2 aromatic carbocycles. The van der Waals surface area contributed by atoms with Crippen LogP contribution in [0.2, 0.25) is 0 Å². The minimum atomic E-state index is 1.00. The van der Waals surface area contributed by atoms with Gasteiger partial charge < -0.3 is 0 Å². The zero-order valence-corrected chi connectivity index (χ0v) is 28.5. The Hall–Kier alpha value is -2.22. The molecule has 0 aliphatic carbocycles. The third-order valence-corrected chi connectivity index (χ3v) is 8.30. The van der Waals surface area contributed by atoms with Crippen LogP contribution in [0.15, 0.2) is 46.4 Å². The molecule has 42 heavy (non-hydrogen) atoms. The summed E-state index contributed by atoms with van der Waals surface area (Å²) < 4.78 is 0. The van der Waals surface area contributed by atoms with Crippen molar-refractivity contribution >= 4 is 22.8 Å². The standard InChI is InChI=1S/C40H64N2/c1-7-13-17-18-19-20-26-40(42-38-30-33(23-14-8-2)29-34(31-38)24-15-9-3)39(25-16-10-4)41-37-28-27-35(21-11-5)36(32-37)22-12-6/h27-32H,7-26H2,1-6H3. The number of rotatable bonds is 23. The van der Waals surface area contributed by atoms with Crippen molar-refractivity contribution in [1.82, 2.24) is 0 Å². The molecule has 0 N–H and O–H groups in total. The molecule has 0 aliphatic rings. The fourth-order valence-corrected chi connectivity index (χ4v) is 5.81. The molecule has 0 aromatic heterocycles. The number of aliphatic imine (C=N–C) groups is 2. The van der Waals surface area contributed by atoms with E-state index >= 15 is 0 Å². The molecule has 234 valence electrons. The topological polar surface area (TPSA) is 24.7 Å². The van der Waals surface area contributed by atoms with Gasteiger partial charge in [0.1, 0.15) is 0 Å². The minimum Gasteiger partial charge on any atom is -0.252 e. The largest absolute Gasteiger partial charge is 0.252 e. The van der Waals surface area contributed by atoms with Gasteiger partial charge in [-0.25, -0.2) is 0 Å². The summed E-state index contributed by atoms with van der Waals surface area (Å²) in [5.74, 6) is 0. The summed E-state index contributed by atoms with van der Waals surface area (Å²) >= 11 is 0. The van der Waals surface area contributed by atoms with Crippen molar-refractivity contribution in [3.05, 3.63) is 58.7 Å². The van der Waals surface area contributed by atoms with E-state index in [0.29, 0.717) is 0 Å². The summed E-state index contributed by atoms with van der Waals surface area (Å²) in [5.41, 5.74) is 10.6. The highest BCUT2D eigenvalue weighted by molar-refractivity contribution is 6.43. The van der Waals surface area contributed by atoms with Crippen molar-refractivity contribution in [1.29, 1.82) is 0 Å². The van der Waals surface area contributed by atoms with E-state index in [-0.39, 0.29) is 0 Å². The molecule has 0 radical (unpaired) electrons. The van der Waals surface area contributed by atoms with Gasteiger partial charge in [-0.2, -0.15) is 0 Å². The van der Waals surface area contributed by atoms with E-state index in [9.17, 15) is 0 Å². The van der Waals surface area contributed by atoms with E-state index in [4.69, 9.17) is 9.98 Å². The molecule has 0 bridgehead atoms. The maximum atomic E-state index is 5.47. The number of aryl methyl sites for hydroxylation is 4. The van der Waals surface area contributed by atoms with Crippen LogP contribution in [0.3, 0.4) is 0 Å². The average Bonchev–Trinajstić information content (AvgIpc) is 2.99. The Balaban J connectivity index is 2.55. The van der Waals surface area contributed by atoms with Gasteiger partial charge in [0.25, 0.3) is 0 Å². The predicted molar refractivity (Wildman–Crippen MR) is 190 cm³/mol. The Bertz CT molecular complexity index is 1040. The second-order valence-electron chi connectivity index (χ2n) is 12.4. The first-order valence-corrected chi connectivity index (χ1v) is 18.0. The van der Waals surface area contributed by atoms with Gasteiger partial charge in [0.2, 0.25) is 0 Å². The molecule has 0 heterocycles. The van der Waals surface area contributed by atoms with Gasteiger partial charge >= 0.3 is 0 Å². The zero-order valence-electron chi connectivity index (χ0n) is 28.5. The summed E-state index contributed by atoms with van der Waals surface area (Å²) in [5, 5.41) is 0. The van der Waals surface area contributed by atoms with E-state index in [0.717, 1.165) is 56.3 Å². The van der Waals surface area contributed by atoms with Gasteiger partial charge in [0.05, 0.1) is 22.8 Å². The first-order valence-electron chi connectivity index (χ1n) is 18.0. The molecule has 0 saturated carbocycles. The molecule has 2 heteroatoms. The van der Waals surface area contributed by atoms with E-state index in [2.05, 4.69) is 77.9 Å². The molecule has 2 aromatic rings. The Labute approximate surface area is 260 Å². The number of benzene rings is 2. The Morgan fingerprint density at radius 2 is 0.952 bits per heavy atom. The van der Waals surface area contributed by atoms with E-state index in [1.807, 2.05) is 0 Å². The number of unbranched alkanes of at least 4 members (excludes halogenated alkanes) is 8. The lowest BCUT2D eigenvalue weighted by atomic mass is 9.98. The first-order chi connectivity index (χ1) is 20.6. The molecule has 0 unspecified atom stereocenters. The first kappa shape index (κ1) is 36.0. The minimum absolute atomic E-state index is 1.00. The highest BCUT2D eigenvalue weighted by Crippen LogP contribution is 2.26. The van der Waals surface area contributed by atoms with E-state index < -0.39 is 0 Å². The number of nitrogens with zero attached hydrogens (tertiary/aromatic N) is 2. The van der Waals surface area contributed by atoms with Crippen LogP contribution in [0.4, 0.5) is 11.4 Å². The third-order valence-electron chi connectivity index (χ3n) is 8.30. The van der Waals surface area contributed by atoms with Gasteiger partial charge in [-0.15, -0.1) is 0 Å². The Morgan fingerprint density at radius 1 is 0.429 bits per heavy atom. The SMILES string of the molecule is CCCCCCCCC(=Nc1cc(CCCC)cc(CCCC)c1)C(CCCC)=Nc1ccc(CCC)c(CCC)c1. The molecule has 0 saturated heterocycles. The normalized spacial score (nSPS) is 12.3. The van der Waals surface area contributed by atoms with Crippen molar-refractivity contribution < 1.29 is 0 Å². The maximum absolute atomic E-state index is 5.47. The van der Waals surface area contributed by atoms with Crippen LogP contribution in [-0.4, -0.2) is 11.4 Å². The third kappa shape index (κ3) is 13.8. The quantitative estimate of drug-likeness (QED) is 0.0934. The van der Waals surface area contributed by atoms with Crippen molar-refractivity contribution in [2.24, 2.45) is 9.98 Å².